The number of aromatic nitrogens is 1. The van der Waals surface area contributed by atoms with Crippen molar-refractivity contribution in [1.82, 2.24) is 4.98 Å². The van der Waals surface area contributed by atoms with Gasteiger partial charge in [0.25, 0.3) is 0 Å². The lowest BCUT2D eigenvalue weighted by molar-refractivity contribution is -0.125. The Bertz CT molecular complexity index is 536. The van der Waals surface area contributed by atoms with Crippen molar-refractivity contribution in [3.8, 4) is 0 Å². The van der Waals surface area contributed by atoms with Crippen molar-refractivity contribution in [2.45, 2.75) is 32.6 Å². The van der Waals surface area contributed by atoms with Crippen LogP contribution in [0.4, 0.5) is 11.4 Å². The highest BCUT2D eigenvalue weighted by molar-refractivity contribution is 6.10. The maximum atomic E-state index is 12.7. The van der Waals surface area contributed by atoms with Crippen molar-refractivity contribution < 1.29 is 9.59 Å². The van der Waals surface area contributed by atoms with Gasteiger partial charge in [0.15, 0.2) is 0 Å². The van der Waals surface area contributed by atoms with Crippen LogP contribution in [0.3, 0.4) is 0 Å². The first-order chi connectivity index (χ1) is 9.65. The monoisotopic (exact) mass is 273 g/mol. The van der Waals surface area contributed by atoms with Gasteiger partial charge in [-0.15, -0.1) is 0 Å². The molecular formula is C15H19N3O2. The first-order valence-corrected chi connectivity index (χ1v) is 7.20. The van der Waals surface area contributed by atoms with Crippen molar-refractivity contribution in [2.24, 2.45) is 11.8 Å². The van der Waals surface area contributed by atoms with Crippen LogP contribution in [0, 0.1) is 11.8 Å². The standard InChI is InChI=1S/C15H19N3O2/c1-10-2-4-11(5-3-10)15(20)18-9-14(19)17-12-8-16-7-6-13(12)18/h6-8,10-11H,2-5,9H2,1H3,(H,17,19). The van der Waals surface area contributed by atoms with Crippen LogP contribution in [0.2, 0.25) is 0 Å². The number of hydrogen-bond donors (Lipinski definition) is 1. The SMILES string of the molecule is CC1CCC(C(=O)N2CC(=O)Nc3cnccc32)CC1. The molecule has 1 aliphatic carbocycles. The van der Waals surface area contributed by atoms with E-state index >= 15 is 0 Å². The molecule has 2 heterocycles. The van der Waals surface area contributed by atoms with Gasteiger partial charge in [-0.05, 0) is 37.7 Å². The van der Waals surface area contributed by atoms with Crippen LogP contribution in [0.15, 0.2) is 18.5 Å². The van der Waals surface area contributed by atoms with Crippen molar-refractivity contribution in [3.05, 3.63) is 18.5 Å². The molecule has 0 unspecified atom stereocenters. The van der Waals surface area contributed by atoms with Gasteiger partial charge in [-0.1, -0.05) is 6.92 Å². The Morgan fingerprint density at radius 2 is 2.10 bits per heavy atom. The number of hydrogen-bond acceptors (Lipinski definition) is 3. The van der Waals surface area contributed by atoms with Crippen LogP contribution in [-0.2, 0) is 9.59 Å². The van der Waals surface area contributed by atoms with E-state index < -0.39 is 0 Å². The Morgan fingerprint density at radius 1 is 1.35 bits per heavy atom. The molecule has 1 N–H and O–H groups in total. The normalized spacial score (nSPS) is 25.9. The van der Waals surface area contributed by atoms with Crippen LogP contribution in [0.25, 0.3) is 0 Å². The molecule has 0 aromatic carbocycles. The molecule has 1 aliphatic heterocycles. The number of pyridine rings is 1. The Labute approximate surface area is 118 Å². The quantitative estimate of drug-likeness (QED) is 0.853. The first-order valence-electron chi connectivity index (χ1n) is 7.20. The van der Waals surface area contributed by atoms with Crippen molar-refractivity contribution in [3.63, 3.8) is 0 Å². The predicted molar refractivity (Wildman–Crippen MR) is 76.3 cm³/mol. The second-order valence-electron chi connectivity index (χ2n) is 5.82. The van der Waals surface area contributed by atoms with Crippen molar-refractivity contribution in [2.75, 3.05) is 16.8 Å². The van der Waals surface area contributed by atoms with Gasteiger partial charge in [-0.3, -0.25) is 14.6 Å². The minimum absolute atomic E-state index is 0.0538. The molecular weight excluding hydrogens is 254 g/mol. The summed E-state index contributed by atoms with van der Waals surface area (Å²) in [6, 6.07) is 1.79. The van der Waals surface area contributed by atoms with Gasteiger partial charge in [0.05, 0.1) is 17.6 Å². The molecule has 1 saturated carbocycles. The van der Waals surface area contributed by atoms with Crippen molar-refractivity contribution in [1.29, 1.82) is 0 Å². The Kier molecular flexibility index (Phi) is 3.42. The Hall–Kier alpha value is -1.91. The van der Waals surface area contributed by atoms with Crippen molar-refractivity contribution >= 4 is 23.2 Å². The van der Waals surface area contributed by atoms with Gasteiger partial charge < -0.3 is 10.2 Å². The number of nitrogens with one attached hydrogen (secondary N) is 1. The summed E-state index contributed by atoms with van der Waals surface area (Å²) in [7, 11) is 0. The second-order valence-corrected chi connectivity index (χ2v) is 5.82. The second kappa shape index (κ2) is 5.23. The molecule has 0 atom stereocenters. The van der Waals surface area contributed by atoms with Gasteiger partial charge in [0.1, 0.15) is 6.54 Å². The molecule has 0 spiro atoms. The summed E-state index contributed by atoms with van der Waals surface area (Å²) in [5.74, 6) is 0.695. The van der Waals surface area contributed by atoms with E-state index in [4.69, 9.17) is 0 Å². The van der Waals surface area contributed by atoms with Gasteiger partial charge >= 0.3 is 0 Å². The molecule has 1 aromatic rings. The number of rotatable bonds is 1. The highest BCUT2D eigenvalue weighted by Crippen LogP contribution is 2.34. The summed E-state index contributed by atoms with van der Waals surface area (Å²) in [6.07, 6.45) is 7.30. The third kappa shape index (κ3) is 2.40. The highest BCUT2D eigenvalue weighted by Gasteiger charge is 2.33. The van der Waals surface area contributed by atoms with Crippen LogP contribution in [0.1, 0.15) is 32.6 Å². The van der Waals surface area contributed by atoms with Gasteiger partial charge in [-0.25, -0.2) is 0 Å². The lowest BCUT2D eigenvalue weighted by atomic mass is 9.82. The minimum Gasteiger partial charge on any atom is -0.321 e. The average Bonchev–Trinajstić information content (AvgIpc) is 2.46. The summed E-state index contributed by atoms with van der Waals surface area (Å²) >= 11 is 0. The number of carbonyl (C=O) groups excluding carboxylic acids is 2. The number of carbonyl (C=O) groups is 2. The fraction of sp³-hybridized carbons (Fsp3) is 0.533. The van der Waals surface area contributed by atoms with Crippen LogP contribution in [-0.4, -0.2) is 23.3 Å². The maximum absolute atomic E-state index is 12.7. The fourth-order valence-electron chi connectivity index (χ4n) is 3.06. The Balaban J connectivity index is 1.83. The summed E-state index contributed by atoms with van der Waals surface area (Å²) < 4.78 is 0. The first kappa shape index (κ1) is 13.1. The zero-order valence-corrected chi connectivity index (χ0v) is 11.6. The molecule has 0 saturated heterocycles. The summed E-state index contributed by atoms with van der Waals surface area (Å²) in [5.41, 5.74) is 1.39. The molecule has 0 radical (unpaired) electrons. The van der Waals surface area contributed by atoms with Gasteiger partial charge in [0, 0.05) is 12.1 Å². The molecule has 2 amide bonds. The molecule has 0 bridgehead atoms. The lowest BCUT2D eigenvalue weighted by Crippen LogP contribution is -2.45. The van der Waals surface area contributed by atoms with Crippen LogP contribution in [0.5, 0.6) is 0 Å². The maximum Gasteiger partial charge on any atom is 0.244 e. The summed E-state index contributed by atoms with van der Waals surface area (Å²) in [4.78, 5) is 30.1. The summed E-state index contributed by atoms with van der Waals surface area (Å²) in [5, 5.41) is 2.76. The zero-order chi connectivity index (χ0) is 14.1. The van der Waals surface area contributed by atoms with E-state index in [2.05, 4.69) is 17.2 Å². The molecule has 20 heavy (non-hydrogen) atoms. The van der Waals surface area contributed by atoms with E-state index in [1.165, 1.54) is 0 Å². The Morgan fingerprint density at radius 3 is 2.85 bits per heavy atom. The van der Waals surface area contributed by atoms with E-state index in [9.17, 15) is 9.59 Å². The van der Waals surface area contributed by atoms with Crippen LogP contribution < -0.4 is 10.2 Å². The van der Waals surface area contributed by atoms with E-state index in [0.29, 0.717) is 11.6 Å². The van der Waals surface area contributed by atoms with E-state index in [0.717, 1.165) is 31.4 Å². The molecule has 1 aromatic heterocycles. The number of anilines is 2. The molecule has 5 heteroatoms. The largest absolute Gasteiger partial charge is 0.321 e. The van der Waals surface area contributed by atoms with Crippen LogP contribution >= 0.6 is 0 Å². The molecule has 2 aliphatic rings. The topological polar surface area (TPSA) is 62.3 Å². The average molecular weight is 273 g/mol. The van der Waals surface area contributed by atoms with Gasteiger partial charge in [0.2, 0.25) is 11.8 Å². The van der Waals surface area contributed by atoms with Gasteiger partial charge in [-0.2, -0.15) is 0 Å². The zero-order valence-electron chi connectivity index (χ0n) is 11.6. The molecule has 5 nitrogen and oxygen atoms in total. The summed E-state index contributed by atoms with van der Waals surface area (Å²) in [6.45, 7) is 2.35. The van der Waals surface area contributed by atoms with E-state index in [-0.39, 0.29) is 24.3 Å². The van der Waals surface area contributed by atoms with E-state index in [1.54, 1.807) is 23.4 Å². The minimum atomic E-state index is -0.150. The van der Waals surface area contributed by atoms with E-state index in [1.807, 2.05) is 0 Å². The predicted octanol–water partition coefficient (Wildman–Crippen LogP) is 2.19. The third-order valence-corrected chi connectivity index (χ3v) is 4.30. The highest BCUT2D eigenvalue weighted by atomic mass is 16.2. The lowest BCUT2D eigenvalue weighted by Gasteiger charge is -2.33. The molecule has 106 valence electrons. The molecule has 1 fully saturated rings. The smallest absolute Gasteiger partial charge is 0.244 e. The molecule has 3 rings (SSSR count). The number of amides is 2. The number of nitrogens with zero attached hydrogens (tertiary/aromatic N) is 2. The third-order valence-electron chi connectivity index (χ3n) is 4.30. The fourth-order valence-corrected chi connectivity index (χ4v) is 3.06. The number of fused-ring (bicyclic) bond motifs is 1.